The summed E-state index contributed by atoms with van der Waals surface area (Å²) in [5.41, 5.74) is 0. The molecule has 1 saturated heterocycles. The SMILES string of the molecule is CCCN1CC(=O)N(Cc2nnc(C)s2)[C@@H](C)C1=O. The van der Waals surface area contributed by atoms with Crippen LogP contribution in [0.5, 0.6) is 0 Å². The number of nitrogens with zero attached hydrogens (tertiary/aromatic N) is 4. The minimum atomic E-state index is -0.419. The van der Waals surface area contributed by atoms with Crippen molar-refractivity contribution in [3.05, 3.63) is 10.0 Å². The van der Waals surface area contributed by atoms with Crippen molar-refractivity contribution in [3.8, 4) is 0 Å². The van der Waals surface area contributed by atoms with E-state index in [4.69, 9.17) is 0 Å². The molecule has 104 valence electrons. The van der Waals surface area contributed by atoms with E-state index in [-0.39, 0.29) is 18.4 Å². The second kappa shape index (κ2) is 5.64. The monoisotopic (exact) mass is 282 g/mol. The molecule has 0 saturated carbocycles. The lowest BCUT2D eigenvalue weighted by Gasteiger charge is -2.38. The molecule has 0 radical (unpaired) electrons. The number of hydrogen-bond acceptors (Lipinski definition) is 5. The predicted molar refractivity (Wildman–Crippen MR) is 71.5 cm³/mol. The van der Waals surface area contributed by atoms with Gasteiger partial charge in [0, 0.05) is 6.54 Å². The lowest BCUT2D eigenvalue weighted by atomic mass is 10.1. The first-order chi connectivity index (χ1) is 9.02. The van der Waals surface area contributed by atoms with Gasteiger partial charge in [-0.2, -0.15) is 0 Å². The molecule has 0 aliphatic carbocycles. The summed E-state index contributed by atoms with van der Waals surface area (Å²) in [6.45, 7) is 6.83. The quantitative estimate of drug-likeness (QED) is 0.820. The van der Waals surface area contributed by atoms with E-state index in [2.05, 4.69) is 10.2 Å². The van der Waals surface area contributed by atoms with Gasteiger partial charge in [-0.25, -0.2) is 0 Å². The van der Waals surface area contributed by atoms with Crippen molar-refractivity contribution in [2.45, 2.75) is 39.8 Å². The first-order valence-electron chi connectivity index (χ1n) is 6.40. The molecule has 0 spiro atoms. The van der Waals surface area contributed by atoms with Gasteiger partial charge < -0.3 is 9.80 Å². The first kappa shape index (κ1) is 13.9. The number of amides is 2. The molecule has 1 aromatic rings. The second-order valence-corrected chi connectivity index (χ2v) is 5.94. The number of aryl methyl sites for hydroxylation is 1. The van der Waals surface area contributed by atoms with Gasteiger partial charge in [-0.05, 0) is 20.3 Å². The zero-order valence-corrected chi connectivity index (χ0v) is 12.2. The van der Waals surface area contributed by atoms with E-state index >= 15 is 0 Å². The summed E-state index contributed by atoms with van der Waals surface area (Å²) >= 11 is 1.46. The number of piperazine rings is 1. The van der Waals surface area contributed by atoms with Crippen LogP contribution in [0.4, 0.5) is 0 Å². The maximum Gasteiger partial charge on any atom is 0.245 e. The van der Waals surface area contributed by atoms with Crippen LogP contribution in [0.15, 0.2) is 0 Å². The van der Waals surface area contributed by atoms with Gasteiger partial charge in [0.05, 0.1) is 13.1 Å². The van der Waals surface area contributed by atoms with E-state index in [1.54, 1.807) is 16.7 Å². The van der Waals surface area contributed by atoms with E-state index in [1.165, 1.54) is 11.3 Å². The molecule has 6 nitrogen and oxygen atoms in total. The molecule has 0 bridgehead atoms. The third-order valence-corrected chi connectivity index (χ3v) is 3.97. The van der Waals surface area contributed by atoms with Gasteiger partial charge in [-0.15, -0.1) is 10.2 Å². The van der Waals surface area contributed by atoms with Crippen LogP contribution in [0.1, 0.15) is 30.3 Å². The fourth-order valence-corrected chi connectivity index (χ4v) is 2.88. The van der Waals surface area contributed by atoms with Crippen molar-refractivity contribution in [3.63, 3.8) is 0 Å². The fourth-order valence-electron chi connectivity index (χ4n) is 2.18. The Labute approximate surface area is 116 Å². The molecule has 1 fully saturated rings. The van der Waals surface area contributed by atoms with Crippen molar-refractivity contribution in [1.82, 2.24) is 20.0 Å². The molecule has 0 N–H and O–H groups in total. The van der Waals surface area contributed by atoms with Gasteiger partial charge in [-0.3, -0.25) is 9.59 Å². The Balaban J connectivity index is 2.09. The third kappa shape index (κ3) is 2.91. The van der Waals surface area contributed by atoms with Gasteiger partial charge in [0.25, 0.3) is 0 Å². The van der Waals surface area contributed by atoms with E-state index in [0.717, 1.165) is 16.4 Å². The maximum absolute atomic E-state index is 12.2. The molecule has 2 amide bonds. The Kier molecular flexibility index (Phi) is 4.14. The normalized spacial score (nSPS) is 20.3. The molecule has 2 heterocycles. The number of hydrogen-bond donors (Lipinski definition) is 0. The summed E-state index contributed by atoms with van der Waals surface area (Å²) in [6, 6.07) is -0.419. The lowest BCUT2D eigenvalue weighted by molar-refractivity contribution is -0.155. The van der Waals surface area contributed by atoms with Gasteiger partial charge in [0.1, 0.15) is 16.1 Å². The standard InChI is InChI=1S/C12H18N4O2S/c1-4-5-15-7-11(17)16(8(2)12(15)18)6-10-14-13-9(3)19-10/h8H,4-7H2,1-3H3/t8-/m0/s1. The van der Waals surface area contributed by atoms with E-state index in [1.807, 2.05) is 13.8 Å². The minimum absolute atomic E-state index is 0.0164. The Morgan fingerprint density at radius 1 is 1.37 bits per heavy atom. The number of carbonyl (C=O) groups excluding carboxylic acids is 2. The Morgan fingerprint density at radius 3 is 2.68 bits per heavy atom. The van der Waals surface area contributed by atoms with Gasteiger partial charge >= 0.3 is 0 Å². The summed E-state index contributed by atoms with van der Waals surface area (Å²) in [7, 11) is 0. The maximum atomic E-state index is 12.2. The Morgan fingerprint density at radius 2 is 2.11 bits per heavy atom. The summed E-state index contributed by atoms with van der Waals surface area (Å²) in [5.74, 6) is -0.00362. The highest BCUT2D eigenvalue weighted by molar-refractivity contribution is 7.11. The molecule has 19 heavy (non-hydrogen) atoms. The molecule has 1 aliphatic rings. The molecule has 1 aromatic heterocycles. The van der Waals surface area contributed by atoms with Crippen molar-refractivity contribution < 1.29 is 9.59 Å². The van der Waals surface area contributed by atoms with Crippen LogP contribution >= 0.6 is 11.3 Å². The van der Waals surface area contributed by atoms with Crippen molar-refractivity contribution in [2.24, 2.45) is 0 Å². The molecule has 1 atom stereocenters. The zero-order valence-electron chi connectivity index (χ0n) is 11.4. The van der Waals surface area contributed by atoms with Crippen molar-refractivity contribution >= 4 is 23.2 Å². The Hall–Kier alpha value is -1.50. The molecule has 2 rings (SSSR count). The topological polar surface area (TPSA) is 66.4 Å². The average molecular weight is 282 g/mol. The van der Waals surface area contributed by atoms with E-state index in [9.17, 15) is 9.59 Å². The molecule has 0 aromatic carbocycles. The van der Waals surface area contributed by atoms with Crippen molar-refractivity contribution in [2.75, 3.05) is 13.1 Å². The highest BCUT2D eigenvalue weighted by Gasteiger charge is 2.36. The fraction of sp³-hybridized carbons (Fsp3) is 0.667. The lowest BCUT2D eigenvalue weighted by Crippen LogP contribution is -2.58. The summed E-state index contributed by atoms with van der Waals surface area (Å²) in [4.78, 5) is 27.5. The molecule has 7 heteroatoms. The van der Waals surface area contributed by atoms with Crippen LogP contribution in [-0.4, -0.2) is 50.9 Å². The highest BCUT2D eigenvalue weighted by Crippen LogP contribution is 2.18. The molecular formula is C12H18N4O2S. The Bertz CT molecular complexity index is 488. The number of carbonyl (C=O) groups is 2. The van der Waals surface area contributed by atoms with Gasteiger partial charge in [0.15, 0.2) is 0 Å². The third-order valence-electron chi connectivity index (χ3n) is 3.15. The van der Waals surface area contributed by atoms with Gasteiger partial charge in [-0.1, -0.05) is 18.3 Å². The van der Waals surface area contributed by atoms with Crippen LogP contribution in [0.3, 0.4) is 0 Å². The summed E-state index contributed by atoms with van der Waals surface area (Å²) in [6.07, 6.45) is 0.862. The highest BCUT2D eigenvalue weighted by atomic mass is 32.1. The van der Waals surface area contributed by atoms with Gasteiger partial charge in [0.2, 0.25) is 11.8 Å². The zero-order chi connectivity index (χ0) is 14.0. The first-order valence-corrected chi connectivity index (χ1v) is 7.21. The van der Waals surface area contributed by atoms with Crippen molar-refractivity contribution in [1.29, 1.82) is 0 Å². The van der Waals surface area contributed by atoms with Crippen LogP contribution in [-0.2, 0) is 16.1 Å². The largest absolute Gasteiger partial charge is 0.332 e. The predicted octanol–water partition coefficient (Wildman–Crippen LogP) is 0.816. The van der Waals surface area contributed by atoms with Crippen LogP contribution in [0.2, 0.25) is 0 Å². The summed E-state index contributed by atoms with van der Waals surface area (Å²) in [5, 5.41) is 9.58. The molecule has 0 unspecified atom stereocenters. The molecular weight excluding hydrogens is 264 g/mol. The van der Waals surface area contributed by atoms with E-state index < -0.39 is 6.04 Å². The second-order valence-electron chi connectivity index (χ2n) is 4.67. The van der Waals surface area contributed by atoms with E-state index in [0.29, 0.717) is 13.1 Å². The molecule has 1 aliphatic heterocycles. The number of aromatic nitrogens is 2. The van der Waals surface area contributed by atoms with Crippen LogP contribution in [0.25, 0.3) is 0 Å². The minimum Gasteiger partial charge on any atom is -0.332 e. The summed E-state index contributed by atoms with van der Waals surface area (Å²) < 4.78 is 0. The average Bonchev–Trinajstić information content (AvgIpc) is 2.77. The smallest absolute Gasteiger partial charge is 0.245 e. The van der Waals surface area contributed by atoms with Crippen LogP contribution in [0, 0.1) is 6.92 Å². The van der Waals surface area contributed by atoms with Crippen LogP contribution < -0.4 is 0 Å². The number of rotatable bonds is 4.